The van der Waals surface area contributed by atoms with Crippen molar-refractivity contribution in [3.8, 4) is 0 Å². The third kappa shape index (κ3) is 1.34. The molecule has 2 aromatic carbocycles. The molecule has 0 saturated carbocycles. The molecule has 13 heavy (non-hydrogen) atoms. The molecule has 2 aromatic rings. The lowest BCUT2D eigenvalue weighted by molar-refractivity contribution is 1.72. The average molecular weight is 212 g/mol. The summed E-state index contributed by atoms with van der Waals surface area (Å²) in [4.78, 5) is 0. The zero-order valence-corrected chi connectivity index (χ0v) is 8.23. The van der Waals surface area contributed by atoms with Crippen LogP contribution in [0.15, 0.2) is 30.3 Å². The molecule has 3 heteroatoms. The molecule has 0 aliphatic rings. The van der Waals surface area contributed by atoms with Crippen LogP contribution in [0.25, 0.3) is 10.8 Å². The number of benzene rings is 2. The molecule has 2 N–H and O–H groups in total. The van der Waals surface area contributed by atoms with Crippen LogP contribution < -0.4 is 5.73 Å². The molecule has 0 aliphatic carbocycles. The fourth-order valence-corrected chi connectivity index (χ4v) is 1.71. The zero-order chi connectivity index (χ0) is 9.42. The number of hydrogen-bond donors (Lipinski definition) is 1. The second kappa shape index (κ2) is 3.09. The number of nitrogen functional groups attached to an aromatic ring is 1. The van der Waals surface area contributed by atoms with Gasteiger partial charge in [-0.1, -0.05) is 41.4 Å². The normalized spacial score (nSPS) is 10.6. The van der Waals surface area contributed by atoms with Crippen molar-refractivity contribution in [3.05, 3.63) is 40.4 Å². The first-order valence-electron chi connectivity index (χ1n) is 3.82. The first-order chi connectivity index (χ1) is 6.20. The highest BCUT2D eigenvalue weighted by atomic mass is 35.5. The minimum Gasteiger partial charge on any atom is -0.398 e. The summed E-state index contributed by atoms with van der Waals surface area (Å²) < 4.78 is 0. The van der Waals surface area contributed by atoms with Gasteiger partial charge in [-0.3, -0.25) is 0 Å². The smallest absolute Gasteiger partial charge is 0.0671 e. The van der Waals surface area contributed by atoms with Gasteiger partial charge in [0.25, 0.3) is 0 Å². The minimum absolute atomic E-state index is 0.555. The van der Waals surface area contributed by atoms with Crippen LogP contribution in [0.1, 0.15) is 0 Å². The Hall–Kier alpha value is -0.920. The molecular formula is C10H7Cl2N. The Morgan fingerprint density at radius 1 is 0.923 bits per heavy atom. The quantitative estimate of drug-likeness (QED) is 0.661. The molecule has 0 amide bonds. The molecule has 0 heterocycles. The second-order valence-corrected chi connectivity index (χ2v) is 3.59. The van der Waals surface area contributed by atoms with E-state index in [1.165, 1.54) is 0 Å². The van der Waals surface area contributed by atoms with Gasteiger partial charge in [-0.15, -0.1) is 0 Å². The maximum Gasteiger partial charge on any atom is 0.0671 e. The molecule has 1 nitrogen and oxygen atoms in total. The van der Waals surface area contributed by atoms with Crippen molar-refractivity contribution in [2.24, 2.45) is 0 Å². The summed E-state index contributed by atoms with van der Waals surface area (Å²) in [6, 6.07) is 9.23. The summed E-state index contributed by atoms with van der Waals surface area (Å²) in [5.41, 5.74) is 6.49. The topological polar surface area (TPSA) is 26.0 Å². The van der Waals surface area contributed by atoms with Gasteiger partial charge in [-0.05, 0) is 12.1 Å². The predicted molar refractivity (Wildman–Crippen MR) is 58.4 cm³/mol. The van der Waals surface area contributed by atoms with Crippen molar-refractivity contribution in [2.45, 2.75) is 0 Å². The lowest BCUT2D eigenvalue weighted by Crippen LogP contribution is -1.86. The number of halogens is 2. The standard InChI is InChI=1S/C10H7Cl2N/c11-8-5-4-6-7(10(8)12)2-1-3-9(6)13/h1-5H,13H2. The van der Waals surface area contributed by atoms with Crippen molar-refractivity contribution in [1.29, 1.82) is 0 Å². The van der Waals surface area contributed by atoms with E-state index >= 15 is 0 Å². The van der Waals surface area contributed by atoms with E-state index in [1.54, 1.807) is 6.07 Å². The molecule has 0 spiro atoms. The Kier molecular flexibility index (Phi) is 2.06. The van der Waals surface area contributed by atoms with Crippen LogP contribution in [-0.4, -0.2) is 0 Å². The maximum absolute atomic E-state index is 6.01. The van der Waals surface area contributed by atoms with Gasteiger partial charge in [0.1, 0.15) is 0 Å². The van der Waals surface area contributed by atoms with Crippen molar-refractivity contribution in [1.82, 2.24) is 0 Å². The number of fused-ring (bicyclic) bond motifs is 1. The van der Waals surface area contributed by atoms with E-state index < -0.39 is 0 Å². The predicted octanol–water partition coefficient (Wildman–Crippen LogP) is 3.73. The molecule has 0 aliphatic heterocycles. The minimum atomic E-state index is 0.555. The first kappa shape index (κ1) is 8.67. The van der Waals surface area contributed by atoms with Crippen LogP contribution in [0.2, 0.25) is 10.0 Å². The molecule has 0 fully saturated rings. The van der Waals surface area contributed by atoms with Crippen molar-refractivity contribution in [3.63, 3.8) is 0 Å². The highest BCUT2D eigenvalue weighted by molar-refractivity contribution is 6.45. The van der Waals surface area contributed by atoms with E-state index in [9.17, 15) is 0 Å². The Morgan fingerprint density at radius 2 is 1.69 bits per heavy atom. The lowest BCUT2D eigenvalue weighted by Gasteiger charge is -2.04. The van der Waals surface area contributed by atoms with E-state index in [0.717, 1.165) is 16.5 Å². The molecule has 0 aromatic heterocycles. The van der Waals surface area contributed by atoms with Gasteiger partial charge in [-0.25, -0.2) is 0 Å². The molecule has 0 radical (unpaired) electrons. The maximum atomic E-state index is 6.01. The fraction of sp³-hybridized carbons (Fsp3) is 0. The molecule has 0 unspecified atom stereocenters. The number of rotatable bonds is 0. The molecule has 66 valence electrons. The number of anilines is 1. The Morgan fingerprint density at radius 3 is 2.46 bits per heavy atom. The average Bonchev–Trinajstić information content (AvgIpc) is 2.12. The van der Waals surface area contributed by atoms with Gasteiger partial charge in [0, 0.05) is 16.5 Å². The lowest BCUT2D eigenvalue weighted by atomic mass is 10.1. The van der Waals surface area contributed by atoms with Crippen LogP contribution >= 0.6 is 23.2 Å². The molecule has 0 atom stereocenters. The van der Waals surface area contributed by atoms with E-state index in [1.807, 2.05) is 24.3 Å². The zero-order valence-electron chi connectivity index (χ0n) is 6.72. The highest BCUT2D eigenvalue weighted by Crippen LogP contribution is 2.32. The Balaban J connectivity index is 2.94. The second-order valence-electron chi connectivity index (χ2n) is 2.80. The monoisotopic (exact) mass is 211 g/mol. The molecule has 0 saturated heterocycles. The van der Waals surface area contributed by atoms with Gasteiger partial charge in [0.2, 0.25) is 0 Å². The molecule has 0 bridgehead atoms. The van der Waals surface area contributed by atoms with E-state index in [-0.39, 0.29) is 0 Å². The number of hydrogen-bond acceptors (Lipinski definition) is 1. The molecular weight excluding hydrogens is 205 g/mol. The summed E-state index contributed by atoms with van der Waals surface area (Å²) in [5.74, 6) is 0. The van der Waals surface area contributed by atoms with E-state index in [4.69, 9.17) is 28.9 Å². The third-order valence-electron chi connectivity index (χ3n) is 1.98. The van der Waals surface area contributed by atoms with Gasteiger partial charge >= 0.3 is 0 Å². The van der Waals surface area contributed by atoms with Gasteiger partial charge < -0.3 is 5.73 Å². The van der Waals surface area contributed by atoms with Gasteiger partial charge in [-0.2, -0.15) is 0 Å². The van der Waals surface area contributed by atoms with Crippen molar-refractivity contribution in [2.75, 3.05) is 5.73 Å². The van der Waals surface area contributed by atoms with E-state index in [2.05, 4.69) is 0 Å². The molecule has 2 rings (SSSR count). The number of nitrogens with two attached hydrogens (primary N) is 1. The van der Waals surface area contributed by atoms with Crippen molar-refractivity contribution >= 4 is 39.7 Å². The fourth-order valence-electron chi connectivity index (χ4n) is 1.32. The van der Waals surface area contributed by atoms with Crippen LogP contribution in [0, 0.1) is 0 Å². The Bertz CT molecular complexity index is 466. The van der Waals surface area contributed by atoms with Crippen LogP contribution in [0.3, 0.4) is 0 Å². The largest absolute Gasteiger partial charge is 0.398 e. The van der Waals surface area contributed by atoms with Crippen molar-refractivity contribution < 1.29 is 0 Å². The highest BCUT2D eigenvalue weighted by Gasteiger charge is 2.04. The first-order valence-corrected chi connectivity index (χ1v) is 4.58. The SMILES string of the molecule is Nc1cccc2c(Cl)c(Cl)ccc12. The summed E-state index contributed by atoms with van der Waals surface area (Å²) >= 11 is 11.9. The van der Waals surface area contributed by atoms with Gasteiger partial charge in [0.05, 0.1) is 10.0 Å². The van der Waals surface area contributed by atoms with Crippen LogP contribution in [-0.2, 0) is 0 Å². The summed E-state index contributed by atoms with van der Waals surface area (Å²) in [7, 11) is 0. The van der Waals surface area contributed by atoms with E-state index in [0.29, 0.717) is 10.0 Å². The van der Waals surface area contributed by atoms with Crippen LogP contribution in [0.5, 0.6) is 0 Å². The summed E-state index contributed by atoms with van der Waals surface area (Å²) in [5, 5.41) is 2.96. The van der Waals surface area contributed by atoms with Gasteiger partial charge in [0.15, 0.2) is 0 Å². The summed E-state index contributed by atoms with van der Waals surface area (Å²) in [6.07, 6.45) is 0. The Labute approximate surface area is 86.1 Å². The third-order valence-corrected chi connectivity index (χ3v) is 2.80. The van der Waals surface area contributed by atoms with Crippen LogP contribution in [0.4, 0.5) is 5.69 Å². The summed E-state index contributed by atoms with van der Waals surface area (Å²) in [6.45, 7) is 0.